The largest absolute Gasteiger partial charge is 0.322 e. The maximum atomic E-state index is 13.2. The highest BCUT2D eigenvalue weighted by Crippen LogP contribution is 2.26. The number of aryl methyl sites for hydroxylation is 2. The summed E-state index contributed by atoms with van der Waals surface area (Å²) in [6.45, 7) is 4.25. The molecule has 0 bridgehead atoms. The van der Waals surface area contributed by atoms with Crippen molar-refractivity contribution in [2.45, 2.75) is 52.1 Å². The number of hydrogen-bond donors (Lipinski definition) is 2. The number of nitrogens with one attached hydrogen (secondary N) is 2. The number of H-pyrrole nitrogens is 1. The topological polar surface area (TPSA) is 65.2 Å². The molecule has 1 saturated carbocycles. The summed E-state index contributed by atoms with van der Waals surface area (Å²) in [5.74, 6) is -0.353. The van der Waals surface area contributed by atoms with Crippen molar-refractivity contribution in [3.63, 3.8) is 0 Å². The molecule has 0 spiro atoms. The summed E-state index contributed by atoms with van der Waals surface area (Å²) in [6, 6.07) is 11.5. The Hall–Kier alpha value is -3.15. The van der Waals surface area contributed by atoms with Gasteiger partial charge in [-0.1, -0.05) is 18.9 Å². The maximum Gasteiger partial charge on any atom is 0.322 e. The molecule has 0 unspecified atom stereocenters. The van der Waals surface area contributed by atoms with Gasteiger partial charge in [0.2, 0.25) is 0 Å². The third-order valence-corrected chi connectivity index (χ3v) is 5.85. The predicted molar refractivity (Wildman–Crippen MR) is 117 cm³/mol. The molecule has 1 aliphatic rings. The Morgan fingerprint density at radius 1 is 1.13 bits per heavy atom. The summed E-state index contributed by atoms with van der Waals surface area (Å²) in [4.78, 5) is 30.6. The van der Waals surface area contributed by atoms with E-state index in [0.29, 0.717) is 11.3 Å². The molecule has 0 radical (unpaired) electrons. The zero-order valence-corrected chi connectivity index (χ0v) is 17.3. The number of aromatic amines is 1. The van der Waals surface area contributed by atoms with Gasteiger partial charge in [-0.15, -0.1) is 0 Å². The number of hydrogen-bond acceptors (Lipinski definition) is 2. The summed E-state index contributed by atoms with van der Waals surface area (Å²) in [5.41, 5.74) is 3.91. The van der Waals surface area contributed by atoms with Gasteiger partial charge in [0.25, 0.3) is 5.56 Å². The minimum Gasteiger partial charge on any atom is -0.322 e. The van der Waals surface area contributed by atoms with E-state index in [0.717, 1.165) is 47.7 Å². The molecule has 4 rings (SSSR count). The molecule has 30 heavy (non-hydrogen) atoms. The van der Waals surface area contributed by atoms with E-state index in [-0.39, 0.29) is 30.0 Å². The van der Waals surface area contributed by atoms with E-state index >= 15 is 0 Å². The molecule has 5 nitrogen and oxygen atoms in total. The van der Waals surface area contributed by atoms with Crippen molar-refractivity contribution in [1.82, 2.24) is 9.88 Å². The lowest BCUT2D eigenvalue weighted by atomic mass is 10.0. The highest BCUT2D eigenvalue weighted by atomic mass is 19.1. The SMILES string of the molecule is Cc1cc(C)c2cc(CN(C(=O)Nc3ccc(F)cc3)C3CCCC3)c(=O)[nH]c2c1. The van der Waals surface area contributed by atoms with Gasteiger partial charge in [0.15, 0.2) is 0 Å². The fraction of sp³-hybridized carbons (Fsp3) is 0.333. The molecule has 0 saturated heterocycles. The molecule has 1 fully saturated rings. The average molecular weight is 407 g/mol. The first kappa shape index (κ1) is 20.1. The zero-order valence-electron chi connectivity index (χ0n) is 17.3. The molecular formula is C24H26FN3O2. The van der Waals surface area contributed by atoms with Crippen LogP contribution < -0.4 is 10.9 Å². The van der Waals surface area contributed by atoms with Crippen LogP contribution in [0.3, 0.4) is 0 Å². The van der Waals surface area contributed by atoms with Gasteiger partial charge in [-0.05, 0) is 74.2 Å². The van der Waals surface area contributed by atoms with E-state index in [1.807, 2.05) is 26.0 Å². The van der Waals surface area contributed by atoms with Crippen molar-refractivity contribution < 1.29 is 9.18 Å². The van der Waals surface area contributed by atoms with Gasteiger partial charge >= 0.3 is 6.03 Å². The van der Waals surface area contributed by atoms with Gasteiger partial charge < -0.3 is 15.2 Å². The number of urea groups is 1. The van der Waals surface area contributed by atoms with Crippen molar-refractivity contribution >= 4 is 22.6 Å². The first-order valence-corrected chi connectivity index (χ1v) is 10.4. The van der Waals surface area contributed by atoms with E-state index in [1.165, 1.54) is 24.3 Å². The zero-order chi connectivity index (χ0) is 21.3. The summed E-state index contributed by atoms with van der Waals surface area (Å²) >= 11 is 0. The molecular weight excluding hydrogens is 381 g/mol. The van der Waals surface area contributed by atoms with E-state index in [9.17, 15) is 14.0 Å². The minimum atomic E-state index is -0.353. The Bertz CT molecular complexity index is 1130. The molecule has 1 aromatic heterocycles. The van der Waals surface area contributed by atoms with Crippen LogP contribution in [0.15, 0.2) is 47.3 Å². The number of nitrogens with zero attached hydrogens (tertiary/aromatic N) is 1. The molecule has 156 valence electrons. The minimum absolute atomic E-state index is 0.0830. The highest BCUT2D eigenvalue weighted by Gasteiger charge is 2.27. The lowest BCUT2D eigenvalue weighted by Gasteiger charge is -2.29. The van der Waals surface area contributed by atoms with E-state index in [4.69, 9.17) is 0 Å². The van der Waals surface area contributed by atoms with Gasteiger partial charge in [-0.25, -0.2) is 9.18 Å². The van der Waals surface area contributed by atoms with Gasteiger partial charge in [0.05, 0.1) is 6.54 Å². The molecule has 2 amide bonds. The van der Waals surface area contributed by atoms with E-state index in [1.54, 1.807) is 4.90 Å². The lowest BCUT2D eigenvalue weighted by Crippen LogP contribution is -2.42. The Balaban J connectivity index is 1.65. The Morgan fingerprint density at radius 2 is 1.83 bits per heavy atom. The van der Waals surface area contributed by atoms with Crippen molar-refractivity contribution in [1.29, 1.82) is 0 Å². The predicted octanol–water partition coefficient (Wildman–Crippen LogP) is 5.26. The quantitative estimate of drug-likeness (QED) is 0.619. The van der Waals surface area contributed by atoms with Gasteiger partial charge in [-0.2, -0.15) is 0 Å². The normalized spacial score (nSPS) is 14.2. The number of fused-ring (bicyclic) bond motifs is 1. The molecule has 6 heteroatoms. The first-order valence-electron chi connectivity index (χ1n) is 10.4. The Kier molecular flexibility index (Phi) is 5.57. The third-order valence-electron chi connectivity index (χ3n) is 5.85. The van der Waals surface area contributed by atoms with Gasteiger partial charge in [0, 0.05) is 28.2 Å². The molecule has 1 aliphatic carbocycles. The van der Waals surface area contributed by atoms with E-state index in [2.05, 4.69) is 16.4 Å². The Morgan fingerprint density at radius 3 is 2.53 bits per heavy atom. The molecule has 2 N–H and O–H groups in total. The molecule has 0 atom stereocenters. The highest BCUT2D eigenvalue weighted by molar-refractivity contribution is 5.89. The number of aromatic nitrogens is 1. The van der Waals surface area contributed by atoms with Crippen LogP contribution in [0.25, 0.3) is 10.9 Å². The summed E-state index contributed by atoms with van der Waals surface area (Å²) < 4.78 is 13.2. The van der Waals surface area contributed by atoms with Crippen LogP contribution in [-0.4, -0.2) is 22.0 Å². The number of rotatable bonds is 4. The molecule has 3 aromatic rings. The monoisotopic (exact) mass is 407 g/mol. The first-order chi connectivity index (χ1) is 14.4. The number of carbonyl (C=O) groups excluding carboxylic acids is 1. The second kappa shape index (κ2) is 8.30. The van der Waals surface area contributed by atoms with Gasteiger partial charge in [-0.3, -0.25) is 4.79 Å². The van der Waals surface area contributed by atoms with Crippen LogP contribution in [0.2, 0.25) is 0 Å². The van der Waals surface area contributed by atoms with Crippen molar-refractivity contribution in [3.8, 4) is 0 Å². The summed E-state index contributed by atoms with van der Waals surface area (Å²) in [6.07, 6.45) is 3.97. The van der Waals surface area contributed by atoms with Crippen LogP contribution in [0, 0.1) is 19.7 Å². The van der Waals surface area contributed by atoms with E-state index < -0.39 is 0 Å². The van der Waals surface area contributed by atoms with Gasteiger partial charge in [0.1, 0.15) is 5.82 Å². The third kappa shape index (κ3) is 4.22. The smallest absolute Gasteiger partial charge is 0.322 e. The summed E-state index contributed by atoms with van der Waals surface area (Å²) in [5, 5.41) is 3.84. The number of halogens is 1. The summed E-state index contributed by atoms with van der Waals surface area (Å²) in [7, 11) is 0. The van der Waals surface area contributed by atoms with Crippen molar-refractivity contribution in [2.24, 2.45) is 0 Å². The number of pyridine rings is 1. The average Bonchev–Trinajstić information content (AvgIpc) is 3.22. The molecule has 2 aromatic carbocycles. The second-order valence-electron chi connectivity index (χ2n) is 8.17. The van der Waals surface area contributed by atoms with Crippen molar-refractivity contribution in [2.75, 3.05) is 5.32 Å². The van der Waals surface area contributed by atoms with Crippen LogP contribution in [0.1, 0.15) is 42.4 Å². The molecule has 1 heterocycles. The second-order valence-corrected chi connectivity index (χ2v) is 8.17. The van der Waals surface area contributed by atoms with Crippen LogP contribution in [0.5, 0.6) is 0 Å². The van der Waals surface area contributed by atoms with Crippen LogP contribution in [0.4, 0.5) is 14.9 Å². The fourth-order valence-electron chi connectivity index (χ4n) is 4.33. The number of amides is 2. The lowest BCUT2D eigenvalue weighted by molar-refractivity contribution is 0.184. The maximum absolute atomic E-state index is 13.2. The number of carbonyl (C=O) groups is 1. The standard InChI is InChI=1S/C24H26FN3O2/c1-15-11-16(2)21-13-17(23(29)27-22(21)12-15)14-28(20-5-3-4-6-20)24(30)26-19-9-7-18(25)8-10-19/h7-13,20H,3-6,14H2,1-2H3,(H,26,30)(H,27,29). The fourth-order valence-corrected chi connectivity index (χ4v) is 4.33. The van der Waals surface area contributed by atoms with Crippen LogP contribution in [-0.2, 0) is 6.54 Å². The number of anilines is 1. The molecule has 0 aliphatic heterocycles. The van der Waals surface area contributed by atoms with Crippen molar-refractivity contribution in [3.05, 3.63) is 75.3 Å². The van der Waals surface area contributed by atoms with Crippen LogP contribution >= 0.6 is 0 Å². The Labute approximate surface area is 174 Å². The number of benzene rings is 2.